The molecule has 1 atom stereocenters. The molecule has 1 fully saturated rings. The minimum Gasteiger partial charge on any atom is -0.352 e. The topological polar surface area (TPSA) is 68.8 Å². The molecule has 150 valence electrons. The molecule has 1 saturated heterocycles. The van der Waals surface area contributed by atoms with Crippen molar-refractivity contribution in [3.8, 4) is 0 Å². The minimum absolute atomic E-state index is 0.115. The van der Waals surface area contributed by atoms with Gasteiger partial charge in [-0.05, 0) is 37.5 Å². The van der Waals surface area contributed by atoms with Gasteiger partial charge in [0.2, 0.25) is 0 Å². The van der Waals surface area contributed by atoms with Gasteiger partial charge >= 0.3 is 6.03 Å². The van der Waals surface area contributed by atoms with Crippen LogP contribution < -0.4 is 16.0 Å². The lowest BCUT2D eigenvalue weighted by Crippen LogP contribution is -2.48. The second-order valence-electron chi connectivity index (χ2n) is 7.45. The van der Waals surface area contributed by atoms with E-state index in [0.29, 0.717) is 17.7 Å². The summed E-state index contributed by atoms with van der Waals surface area (Å²) < 4.78 is 0. The van der Waals surface area contributed by atoms with E-state index in [2.05, 4.69) is 51.5 Å². The van der Waals surface area contributed by atoms with Crippen molar-refractivity contribution in [2.24, 2.45) is 10.9 Å². The van der Waals surface area contributed by atoms with Crippen LogP contribution in [0.25, 0.3) is 0 Å². The Hall–Kier alpha value is -1.89. The predicted octanol–water partition coefficient (Wildman–Crippen LogP) is 3.37. The summed E-state index contributed by atoms with van der Waals surface area (Å²) in [6.07, 6.45) is 0. The van der Waals surface area contributed by atoms with Crippen LogP contribution in [0.1, 0.15) is 33.3 Å². The lowest BCUT2D eigenvalue weighted by Gasteiger charge is -2.36. The number of carbonyl (C=O) groups excluding carboxylic acids is 1. The summed E-state index contributed by atoms with van der Waals surface area (Å²) in [5.41, 5.74) is 1.94. The van der Waals surface area contributed by atoms with Crippen molar-refractivity contribution in [1.29, 1.82) is 0 Å². The van der Waals surface area contributed by atoms with Gasteiger partial charge in [-0.3, -0.25) is 4.99 Å². The van der Waals surface area contributed by atoms with Crippen LogP contribution in [0.15, 0.2) is 29.3 Å². The van der Waals surface area contributed by atoms with Crippen molar-refractivity contribution in [2.45, 2.75) is 45.5 Å². The highest BCUT2D eigenvalue weighted by Gasteiger charge is 2.24. The molecule has 3 N–H and O–H groups in total. The highest BCUT2D eigenvalue weighted by molar-refractivity contribution is 8.00. The summed E-state index contributed by atoms with van der Waals surface area (Å²) in [4.78, 5) is 18.6. The van der Waals surface area contributed by atoms with Crippen LogP contribution >= 0.6 is 11.8 Å². The number of carbonyl (C=O) groups is 1. The van der Waals surface area contributed by atoms with Crippen molar-refractivity contribution in [3.63, 3.8) is 0 Å². The van der Waals surface area contributed by atoms with Gasteiger partial charge in [0.1, 0.15) is 0 Å². The van der Waals surface area contributed by atoms with Crippen molar-refractivity contribution in [3.05, 3.63) is 29.8 Å². The number of thioether (sulfide) groups is 1. The van der Waals surface area contributed by atoms with E-state index in [0.717, 1.165) is 36.1 Å². The summed E-state index contributed by atoms with van der Waals surface area (Å²) in [7, 11) is 1.84. The number of nitrogens with one attached hydrogen (secondary N) is 3. The van der Waals surface area contributed by atoms with E-state index in [-0.39, 0.29) is 12.1 Å². The first-order chi connectivity index (χ1) is 12.9. The first-order valence-electron chi connectivity index (χ1n) is 9.62. The van der Waals surface area contributed by atoms with Crippen LogP contribution in [-0.2, 0) is 6.54 Å². The Kier molecular flexibility index (Phi) is 8.28. The summed E-state index contributed by atoms with van der Waals surface area (Å²) in [6.45, 7) is 11.2. The maximum absolute atomic E-state index is 11.8. The lowest BCUT2D eigenvalue weighted by atomic mass is 10.1. The second kappa shape index (κ2) is 10.4. The summed E-state index contributed by atoms with van der Waals surface area (Å²) in [5.74, 6) is 2.77. The van der Waals surface area contributed by atoms with E-state index >= 15 is 0 Å². The van der Waals surface area contributed by atoms with Gasteiger partial charge in [-0.1, -0.05) is 26.0 Å². The van der Waals surface area contributed by atoms with E-state index in [1.165, 1.54) is 0 Å². The maximum atomic E-state index is 11.8. The number of hydrogen-bond donors (Lipinski definition) is 3. The number of aliphatic imine (C=N–C) groups is 1. The number of guanidine groups is 1. The molecule has 2 rings (SSSR count). The number of benzene rings is 1. The number of urea groups is 1. The number of hydrogen-bond acceptors (Lipinski definition) is 3. The van der Waals surface area contributed by atoms with Gasteiger partial charge < -0.3 is 20.9 Å². The molecule has 1 aliphatic heterocycles. The Bertz CT molecular complexity index is 630. The van der Waals surface area contributed by atoms with E-state index < -0.39 is 0 Å². The Balaban J connectivity index is 1.86. The second-order valence-corrected chi connectivity index (χ2v) is 8.80. The van der Waals surface area contributed by atoms with Gasteiger partial charge in [-0.2, -0.15) is 11.8 Å². The fraction of sp³-hybridized carbons (Fsp3) is 0.600. The van der Waals surface area contributed by atoms with Gasteiger partial charge in [-0.15, -0.1) is 0 Å². The normalized spacial score (nSPS) is 18.0. The van der Waals surface area contributed by atoms with Gasteiger partial charge in [0.05, 0.1) is 0 Å². The van der Waals surface area contributed by atoms with Crippen molar-refractivity contribution < 1.29 is 4.79 Å². The van der Waals surface area contributed by atoms with Gasteiger partial charge in [0, 0.05) is 49.4 Å². The van der Waals surface area contributed by atoms with Crippen molar-refractivity contribution in [1.82, 2.24) is 15.5 Å². The van der Waals surface area contributed by atoms with E-state index in [9.17, 15) is 4.79 Å². The number of nitrogens with zero attached hydrogens (tertiary/aromatic N) is 2. The molecule has 0 spiro atoms. The highest BCUT2D eigenvalue weighted by atomic mass is 32.2. The molecule has 2 amide bonds. The molecule has 0 bridgehead atoms. The van der Waals surface area contributed by atoms with Crippen LogP contribution in [0.4, 0.5) is 10.5 Å². The third-order valence-electron chi connectivity index (χ3n) is 4.43. The lowest BCUT2D eigenvalue weighted by molar-refractivity contribution is 0.250. The zero-order valence-electron chi connectivity index (χ0n) is 17.1. The Morgan fingerprint density at radius 3 is 2.56 bits per heavy atom. The average molecular weight is 392 g/mol. The van der Waals surface area contributed by atoms with E-state index in [1.54, 1.807) is 0 Å². The molecule has 0 aliphatic carbocycles. The van der Waals surface area contributed by atoms with Crippen molar-refractivity contribution in [2.75, 3.05) is 31.2 Å². The van der Waals surface area contributed by atoms with E-state index in [1.807, 2.05) is 45.2 Å². The minimum atomic E-state index is -0.182. The Morgan fingerprint density at radius 1 is 1.26 bits per heavy atom. The number of amides is 2. The molecule has 7 heteroatoms. The molecule has 27 heavy (non-hydrogen) atoms. The van der Waals surface area contributed by atoms with Crippen LogP contribution in [0, 0.1) is 5.92 Å². The third kappa shape index (κ3) is 6.97. The Morgan fingerprint density at radius 2 is 1.96 bits per heavy atom. The fourth-order valence-electron chi connectivity index (χ4n) is 2.92. The molecule has 1 unspecified atom stereocenters. The molecule has 0 saturated carbocycles. The molecule has 6 nitrogen and oxygen atoms in total. The van der Waals surface area contributed by atoms with Crippen molar-refractivity contribution >= 4 is 29.4 Å². The molecular weight excluding hydrogens is 358 g/mol. The zero-order chi connectivity index (χ0) is 19.8. The Labute approximate surface area is 167 Å². The summed E-state index contributed by atoms with van der Waals surface area (Å²) >= 11 is 2.06. The summed E-state index contributed by atoms with van der Waals surface area (Å²) in [5, 5.41) is 9.78. The third-order valence-corrected chi connectivity index (χ3v) is 5.97. The number of rotatable bonds is 5. The van der Waals surface area contributed by atoms with Crippen LogP contribution in [0.5, 0.6) is 0 Å². The molecule has 1 heterocycles. The fourth-order valence-corrected chi connectivity index (χ4v) is 4.22. The first-order valence-corrected chi connectivity index (χ1v) is 10.7. The molecule has 0 aromatic heterocycles. The molecule has 1 aliphatic rings. The van der Waals surface area contributed by atoms with Crippen LogP contribution in [0.3, 0.4) is 0 Å². The van der Waals surface area contributed by atoms with Gasteiger partial charge in [0.25, 0.3) is 0 Å². The van der Waals surface area contributed by atoms with Crippen LogP contribution in [-0.4, -0.2) is 54.1 Å². The monoisotopic (exact) mass is 391 g/mol. The highest BCUT2D eigenvalue weighted by Crippen LogP contribution is 2.24. The largest absolute Gasteiger partial charge is 0.352 e. The maximum Gasteiger partial charge on any atom is 0.319 e. The summed E-state index contributed by atoms with van der Waals surface area (Å²) in [6, 6.07) is 7.82. The van der Waals surface area contributed by atoms with Crippen LogP contribution in [0.2, 0.25) is 0 Å². The molecule has 1 aromatic rings. The molecule has 1 aromatic carbocycles. The van der Waals surface area contributed by atoms with E-state index in [4.69, 9.17) is 0 Å². The molecule has 0 radical (unpaired) electrons. The SMILES string of the molecule is CN=C(NCc1ccc(NC(=O)NC(C)C)cc1)N1CCSC(C(C)C)C1. The predicted molar refractivity (Wildman–Crippen MR) is 117 cm³/mol. The standard InChI is InChI=1S/C20H33N5OS/c1-14(2)18-13-25(10-11-27-18)19(21-5)22-12-16-6-8-17(9-7-16)24-20(26)23-15(3)4/h6-9,14-15,18H,10-13H2,1-5H3,(H,21,22)(H2,23,24,26). The van der Waals surface area contributed by atoms with Gasteiger partial charge in [0.15, 0.2) is 5.96 Å². The number of anilines is 1. The van der Waals surface area contributed by atoms with Gasteiger partial charge in [-0.25, -0.2) is 4.79 Å². The zero-order valence-corrected chi connectivity index (χ0v) is 17.9. The average Bonchev–Trinajstić information content (AvgIpc) is 2.63. The molecular formula is C20H33N5OS. The quantitative estimate of drug-likeness (QED) is 0.532. The first kappa shape index (κ1) is 21.4. The smallest absolute Gasteiger partial charge is 0.319 e.